The number of carbonyl (C=O) groups is 1. The van der Waals surface area contributed by atoms with Gasteiger partial charge in [-0.25, -0.2) is 4.79 Å². The summed E-state index contributed by atoms with van der Waals surface area (Å²) in [5.74, 6) is -0.0655. The highest BCUT2D eigenvalue weighted by Crippen LogP contribution is 2.27. The van der Waals surface area contributed by atoms with Crippen molar-refractivity contribution in [1.82, 2.24) is 0 Å². The van der Waals surface area contributed by atoms with Crippen LogP contribution in [-0.4, -0.2) is 17.5 Å². The zero-order valence-corrected chi connectivity index (χ0v) is 12.6. The summed E-state index contributed by atoms with van der Waals surface area (Å²) in [4.78, 5) is 22.2. The molecule has 6 heteroatoms. The quantitative estimate of drug-likeness (QED) is 0.469. The number of nitro benzene ring substituents is 1. The lowest BCUT2D eigenvalue weighted by atomic mass is 9.90. The fourth-order valence-corrected chi connectivity index (χ4v) is 2.80. The summed E-state index contributed by atoms with van der Waals surface area (Å²) in [6.45, 7) is 0.405. The number of rotatable bonds is 4. The van der Waals surface area contributed by atoms with Crippen molar-refractivity contribution in [2.75, 3.05) is 6.61 Å². The molecule has 0 amide bonds. The van der Waals surface area contributed by atoms with Gasteiger partial charge >= 0.3 is 5.97 Å². The van der Waals surface area contributed by atoms with Gasteiger partial charge in [0.15, 0.2) is 0 Å². The van der Waals surface area contributed by atoms with Gasteiger partial charge in [0.1, 0.15) is 0 Å². The Labute approximate surface area is 125 Å². The number of nitrogens with zero attached hydrogens (tertiary/aromatic N) is 1. The average molecular weight is 342 g/mol. The molecule has 0 saturated heterocycles. The van der Waals surface area contributed by atoms with Crippen molar-refractivity contribution in [1.29, 1.82) is 0 Å². The summed E-state index contributed by atoms with van der Waals surface area (Å²) in [5, 5.41) is 10.8. The van der Waals surface area contributed by atoms with Crippen molar-refractivity contribution >= 4 is 27.6 Å². The van der Waals surface area contributed by atoms with Crippen LogP contribution >= 0.6 is 15.9 Å². The zero-order chi connectivity index (χ0) is 14.5. The van der Waals surface area contributed by atoms with Crippen LogP contribution in [0.15, 0.2) is 22.7 Å². The molecule has 0 radical (unpaired) electrons. The molecule has 0 spiro atoms. The van der Waals surface area contributed by atoms with Crippen LogP contribution in [0.4, 0.5) is 5.69 Å². The van der Waals surface area contributed by atoms with Crippen molar-refractivity contribution in [3.8, 4) is 0 Å². The Morgan fingerprint density at radius 2 is 2.05 bits per heavy atom. The first-order chi connectivity index (χ1) is 9.58. The number of benzene rings is 1. The normalized spacial score (nSPS) is 15.8. The first-order valence-electron chi connectivity index (χ1n) is 6.69. The Morgan fingerprint density at radius 1 is 1.35 bits per heavy atom. The van der Waals surface area contributed by atoms with Gasteiger partial charge in [0, 0.05) is 6.07 Å². The van der Waals surface area contributed by atoms with Crippen LogP contribution in [0.3, 0.4) is 0 Å². The van der Waals surface area contributed by atoms with Gasteiger partial charge < -0.3 is 4.74 Å². The third kappa shape index (κ3) is 3.79. The minimum atomic E-state index is -0.526. The average Bonchev–Trinajstić information content (AvgIpc) is 2.46. The molecule has 5 nitrogen and oxygen atoms in total. The summed E-state index contributed by atoms with van der Waals surface area (Å²) in [5.41, 5.74) is 0.0906. The van der Waals surface area contributed by atoms with Gasteiger partial charge in [0.25, 0.3) is 5.69 Å². The summed E-state index contributed by atoms with van der Waals surface area (Å²) >= 11 is 3.09. The van der Waals surface area contributed by atoms with Crippen LogP contribution in [0, 0.1) is 16.0 Å². The molecule has 108 valence electrons. The van der Waals surface area contributed by atoms with Gasteiger partial charge in [0.05, 0.1) is 21.6 Å². The Bertz CT molecular complexity index is 512. The SMILES string of the molecule is O=C(OCC1CCCCC1)c1ccc(Br)c([N+](=O)[O-])c1. The van der Waals surface area contributed by atoms with Gasteiger partial charge in [-0.05, 0) is 46.8 Å². The van der Waals surface area contributed by atoms with E-state index >= 15 is 0 Å². The molecule has 1 aliphatic rings. The number of esters is 1. The predicted molar refractivity (Wildman–Crippen MR) is 77.7 cm³/mol. The molecule has 20 heavy (non-hydrogen) atoms. The van der Waals surface area contributed by atoms with Gasteiger partial charge in [-0.15, -0.1) is 0 Å². The minimum absolute atomic E-state index is 0.128. The van der Waals surface area contributed by atoms with Gasteiger partial charge in [-0.2, -0.15) is 0 Å². The molecular formula is C14H16BrNO4. The second-order valence-electron chi connectivity index (χ2n) is 5.03. The molecule has 1 fully saturated rings. The van der Waals surface area contributed by atoms with Crippen LogP contribution in [0.1, 0.15) is 42.5 Å². The van der Waals surface area contributed by atoms with E-state index in [4.69, 9.17) is 4.74 Å². The maximum absolute atomic E-state index is 11.9. The van der Waals surface area contributed by atoms with Gasteiger partial charge in [-0.1, -0.05) is 19.3 Å². The number of hydrogen-bond donors (Lipinski definition) is 0. The third-order valence-corrected chi connectivity index (χ3v) is 4.22. The topological polar surface area (TPSA) is 69.4 Å². The number of halogens is 1. The van der Waals surface area contributed by atoms with Crippen LogP contribution in [-0.2, 0) is 4.74 Å². The van der Waals surface area contributed by atoms with Crippen LogP contribution in [0.5, 0.6) is 0 Å². The first kappa shape index (κ1) is 15.0. The lowest BCUT2D eigenvalue weighted by Crippen LogP contribution is -2.16. The number of carbonyl (C=O) groups excluding carboxylic acids is 1. The Balaban J connectivity index is 1.98. The number of ether oxygens (including phenoxy) is 1. The van der Waals surface area contributed by atoms with E-state index in [1.54, 1.807) is 0 Å². The number of nitro groups is 1. The molecule has 1 saturated carbocycles. The highest BCUT2D eigenvalue weighted by Gasteiger charge is 2.19. The summed E-state index contributed by atoms with van der Waals surface area (Å²) in [6, 6.07) is 4.27. The zero-order valence-electron chi connectivity index (χ0n) is 11.0. The van der Waals surface area contributed by atoms with E-state index < -0.39 is 10.9 Å². The molecule has 0 bridgehead atoms. The maximum Gasteiger partial charge on any atom is 0.338 e. The molecular weight excluding hydrogens is 326 g/mol. The Morgan fingerprint density at radius 3 is 2.70 bits per heavy atom. The van der Waals surface area contributed by atoms with E-state index in [2.05, 4.69) is 15.9 Å². The monoisotopic (exact) mass is 341 g/mol. The fourth-order valence-electron chi connectivity index (χ4n) is 2.41. The van der Waals surface area contributed by atoms with Crippen LogP contribution in [0.25, 0.3) is 0 Å². The lowest BCUT2D eigenvalue weighted by molar-refractivity contribution is -0.385. The molecule has 1 aromatic rings. The fraction of sp³-hybridized carbons (Fsp3) is 0.500. The van der Waals surface area contributed by atoms with Crippen molar-refractivity contribution < 1.29 is 14.5 Å². The van der Waals surface area contributed by atoms with Crippen LogP contribution < -0.4 is 0 Å². The van der Waals surface area contributed by atoms with Crippen molar-refractivity contribution in [2.24, 2.45) is 5.92 Å². The number of hydrogen-bond acceptors (Lipinski definition) is 4. The second-order valence-corrected chi connectivity index (χ2v) is 5.88. The highest BCUT2D eigenvalue weighted by atomic mass is 79.9. The molecule has 1 aliphatic carbocycles. The lowest BCUT2D eigenvalue weighted by Gasteiger charge is -2.20. The molecule has 0 N–H and O–H groups in total. The maximum atomic E-state index is 11.9. The molecule has 0 aliphatic heterocycles. The second kappa shape index (κ2) is 6.83. The third-order valence-electron chi connectivity index (χ3n) is 3.55. The predicted octanol–water partition coefficient (Wildman–Crippen LogP) is 4.09. The van der Waals surface area contributed by atoms with Crippen molar-refractivity contribution in [3.63, 3.8) is 0 Å². The largest absolute Gasteiger partial charge is 0.462 e. The van der Waals surface area contributed by atoms with E-state index in [0.29, 0.717) is 17.0 Å². The Kier molecular flexibility index (Phi) is 5.11. The molecule has 0 heterocycles. The standard InChI is InChI=1S/C14H16BrNO4/c15-12-7-6-11(8-13(12)16(18)19)14(17)20-9-10-4-2-1-3-5-10/h6-8,10H,1-5,9H2. The minimum Gasteiger partial charge on any atom is -0.462 e. The van der Waals surface area contributed by atoms with Crippen LogP contribution in [0.2, 0.25) is 0 Å². The molecule has 0 atom stereocenters. The summed E-state index contributed by atoms with van der Waals surface area (Å²) in [6.07, 6.45) is 5.81. The molecule has 0 unspecified atom stereocenters. The van der Waals surface area contributed by atoms with E-state index in [0.717, 1.165) is 12.8 Å². The van der Waals surface area contributed by atoms with Gasteiger partial charge in [0.2, 0.25) is 0 Å². The van der Waals surface area contributed by atoms with E-state index in [9.17, 15) is 14.9 Å². The van der Waals surface area contributed by atoms with E-state index in [1.807, 2.05) is 0 Å². The Hall–Kier alpha value is -1.43. The van der Waals surface area contributed by atoms with E-state index in [1.165, 1.54) is 37.5 Å². The first-order valence-corrected chi connectivity index (χ1v) is 7.48. The van der Waals surface area contributed by atoms with Crippen molar-refractivity contribution in [3.05, 3.63) is 38.3 Å². The summed E-state index contributed by atoms with van der Waals surface area (Å²) in [7, 11) is 0. The molecule has 1 aromatic carbocycles. The highest BCUT2D eigenvalue weighted by molar-refractivity contribution is 9.10. The molecule has 0 aromatic heterocycles. The molecule has 2 rings (SSSR count). The van der Waals surface area contributed by atoms with E-state index in [-0.39, 0.29) is 11.3 Å². The van der Waals surface area contributed by atoms with Gasteiger partial charge in [-0.3, -0.25) is 10.1 Å². The summed E-state index contributed by atoms with van der Waals surface area (Å²) < 4.78 is 5.62. The smallest absolute Gasteiger partial charge is 0.338 e. The van der Waals surface area contributed by atoms with Crippen molar-refractivity contribution in [2.45, 2.75) is 32.1 Å².